The SMILES string of the molecule is CC(C(=O)c1ccc2ccccc2c1)(c1cccc2ccccc12)P(=O)(O)O. The predicted molar refractivity (Wildman–Crippen MR) is 112 cm³/mol. The number of carbonyl (C=O) groups is 1. The van der Waals surface area contributed by atoms with E-state index in [0.717, 1.165) is 16.2 Å². The molecular weight excluding hydrogens is 371 g/mol. The Morgan fingerprint density at radius 2 is 1.39 bits per heavy atom. The van der Waals surface area contributed by atoms with E-state index in [9.17, 15) is 19.1 Å². The van der Waals surface area contributed by atoms with Crippen LogP contribution in [0.1, 0.15) is 22.8 Å². The summed E-state index contributed by atoms with van der Waals surface area (Å²) in [6, 6.07) is 25.2. The highest BCUT2D eigenvalue weighted by Crippen LogP contribution is 2.59. The average molecular weight is 390 g/mol. The van der Waals surface area contributed by atoms with Crippen LogP contribution in [-0.4, -0.2) is 15.6 Å². The molecule has 0 aliphatic carbocycles. The Bertz CT molecular complexity index is 1250. The Morgan fingerprint density at radius 1 is 0.786 bits per heavy atom. The van der Waals surface area contributed by atoms with E-state index >= 15 is 0 Å². The summed E-state index contributed by atoms with van der Waals surface area (Å²) in [5.74, 6) is -0.595. The summed E-state index contributed by atoms with van der Waals surface area (Å²) in [5, 5.41) is 1.30. The Labute approximate surface area is 162 Å². The molecule has 4 nitrogen and oxygen atoms in total. The summed E-state index contributed by atoms with van der Waals surface area (Å²) < 4.78 is 12.6. The van der Waals surface area contributed by atoms with Gasteiger partial charge in [-0.15, -0.1) is 0 Å². The molecule has 0 fully saturated rings. The van der Waals surface area contributed by atoms with Crippen LogP contribution >= 0.6 is 7.60 Å². The number of hydrogen-bond acceptors (Lipinski definition) is 2. The van der Waals surface area contributed by atoms with Crippen molar-refractivity contribution in [3.05, 3.63) is 96.1 Å². The molecule has 0 amide bonds. The first-order valence-electron chi connectivity index (χ1n) is 8.90. The van der Waals surface area contributed by atoms with E-state index in [4.69, 9.17) is 0 Å². The van der Waals surface area contributed by atoms with Gasteiger partial charge in [-0.1, -0.05) is 78.9 Å². The minimum Gasteiger partial charge on any atom is -0.323 e. The Morgan fingerprint density at radius 3 is 2.11 bits per heavy atom. The maximum absolute atomic E-state index is 13.5. The fourth-order valence-electron chi connectivity index (χ4n) is 3.67. The molecule has 0 aromatic heterocycles. The van der Waals surface area contributed by atoms with Gasteiger partial charge in [0.05, 0.1) is 0 Å². The molecule has 140 valence electrons. The van der Waals surface area contributed by atoms with Gasteiger partial charge < -0.3 is 9.79 Å². The van der Waals surface area contributed by atoms with Gasteiger partial charge in [0.1, 0.15) is 0 Å². The van der Waals surface area contributed by atoms with Gasteiger partial charge in [-0.05, 0) is 40.1 Å². The van der Waals surface area contributed by atoms with E-state index in [1.165, 1.54) is 6.92 Å². The molecule has 1 unspecified atom stereocenters. The van der Waals surface area contributed by atoms with Crippen LogP contribution in [0.5, 0.6) is 0 Å². The van der Waals surface area contributed by atoms with Crippen LogP contribution in [0.15, 0.2) is 84.9 Å². The lowest BCUT2D eigenvalue weighted by Crippen LogP contribution is -2.33. The van der Waals surface area contributed by atoms with E-state index in [2.05, 4.69) is 0 Å². The second kappa shape index (κ2) is 6.68. The van der Waals surface area contributed by atoms with Crippen LogP contribution < -0.4 is 0 Å². The zero-order chi connectivity index (χ0) is 19.9. The van der Waals surface area contributed by atoms with Crippen molar-refractivity contribution in [3.63, 3.8) is 0 Å². The van der Waals surface area contributed by atoms with Crippen LogP contribution in [0, 0.1) is 0 Å². The average Bonchev–Trinajstić information content (AvgIpc) is 2.71. The molecule has 0 aliphatic rings. The summed E-state index contributed by atoms with van der Waals surface area (Å²) in [6.45, 7) is 1.34. The highest BCUT2D eigenvalue weighted by atomic mass is 31.2. The molecule has 4 aromatic rings. The summed E-state index contributed by atoms with van der Waals surface area (Å²) in [5.41, 5.74) is 0.606. The molecule has 0 spiro atoms. The van der Waals surface area contributed by atoms with Gasteiger partial charge in [-0.3, -0.25) is 9.36 Å². The topological polar surface area (TPSA) is 74.6 Å². The largest absolute Gasteiger partial charge is 0.343 e. The third kappa shape index (κ3) is 2.87. The first-order valence-corrected chi connectivity index (χ1v) is 10.5. The Hall–Kier alpha value is -2.78. The fraction of sp³-hybridized carbons (Fsp3) is 0.0870. The molecule has 0 bridgehead atoms. The molecule has 0 saturated carbocycles. The lowest BCUT2D eigenvalue weighted by Gasteiger charge is -2.30. The maximum atomic E-state index is 13.5. The van der Waals surface area contributed by atoms with Crippen molar-refractivity contribution < 1.29 is 19.1 Å². The number of fused-ring (bicyclic) bond motifs is 2. The third-order valence-electron chi connectivity index (χ3n) is 5.35. The molecular formula is C23H19O4P. The first-order chi connectivity index (χ1) is 13.3. The number of Topliss-reactive ketones (excluding diaryl/α,β-unsaturated/α-hetero) is 1. The molecule has 0 saturated heterocycles. The molecule has 28 heavy (non-hydrogen) atoms. The lowest BCUT2D eigenvalue weighted by atomic mass is 9.87. The third-order valence-corrected chi connectivity index (χ3v) is 6.96. The molecule has 4 rings (SSSR count). The minimum absolute atomic E-state index is 0.275. The number of carbonyl (C=O) groups excluding carboxylic acids is 1. The molecule has 5 heteroatoms. The molecule has 0 aliphatic heterocycles. The molecule has 1 atom stereocenters. The van der Waals surface area contributed by atoms with Crippen molar-refractivity contribution in [2.75, 3.05) is 0 Å². The van der Waals surface area contributed by atoms with Crippen molar-refractivity contribution in [1.29, 1.82) is 0 Å². The van der Waals surface area contributed by atoms with Crippen molar-refractivity contribution in [1.82, 2.24) is 0 Å². The summed E-state index contributed by atoms with van der Waals surface area (Å²) in [4.78, 5) is 34.1. The maximum Gasteiger partial charge on any atom is 0.343 e. The normalized spacial score (nSPS) is 14.1. The number of ketones is 1. The van der Waals surface area contributed by atoms with E-state index < -0.39 is 18.5 Å². The van der Waals surface area contributed by atoms with Gasteiger partial charge in [-0.2, -0.15) is 0 Å². The van der Waals surface area contributed by atoms with Crippen molar-refractivity contribution >= 4 is 34.9 Å². The van der Waals surface area contributed by atoms with Crippen LogP contribution in [0.4, 0.5) is 0 Å². The zero-order valence-corrected chi connectivity index (χ0v) is 16.1. The van der Waals surface area contributed by atoms with E-state index in [1.807, 2.05) is 42.5 Å². The summed E-state index contributed by atoms with van der Waals surface area (Å²) >= 11 is 0. The van der Waals surface area contributed by atoms with E-state index in [0.29, 0.717) is 10.9 Å². The fourth-order valence-corrected chi connectivity index (χ4v) is 4.58. The van der Waals surface area contributed by atoms with Gasteiger partial charge in [0.2, 0.25) is 0 Å². The van der Waals surface area contributed by atoms with Crippen LogP contribution in [0.3, 0.4) is 0 Å². The van der Waals surface area contributed by atoms with Crippen LogP contribution in [-0.2, 0) is 9.72 Å². The predicted octanol–water partition coefficient (Wildman–Crippen LogP) is 5.27. The van der Waals surface area contributed by atoms with Crippen LogP contribution in [0.25, 0.3) is 21.5 Å². The van der Waals surface area contributed by atoms with E-state index in [1.54, 1.807) is 42.5 Å². The molecule has 0 heterocycles. The van der Waals surface area contributed by atoms with Gasteiger partial charge in [0.25, 0.3) is 0 Å². The van der Waals surface area contributed by atoms with Gasteiger partial charge in [-0.25, -0.2) is 0 Å². The first kappa shape index (κ1) is 18.6. The number of benzene rings is 4. The second-order valence-electron chi connectivity index (χ2n) is 7.03. The molecule has 2 N–H and O–H groups in total. The lowest BCUT2D eigenvalue weighted by molar-refractivity contribution is 0.0930. The van der Waals surface area contributed by atoms with Gasteiger partial charge in [0.15, 0.2) is 10.9 Å². The molecule has 0 radical (unpaired) electrons. The van der Waals surface area contributed by atoms with Crippen molar-refractivity contribution in [2.24, 2.45) is 0 Å². The summed E-state index contributed by atoms with van der Waals surface area (Å²) in [7, 11) is -4.85. The standard InChI is InChI=1S/C23H19O4P/c1-23(28(25,26)27,21-12-6-10-17-8-4-5-11-20(17)21)22(24)19-14-13-16-7-2-3-9-18(16)15-19/h2-15H,1H3,(H2,25,26,27). The summed E-state index contributed by atoms with van der Waals surface area (Å²) in [6.07, 6.45) is 0. The zero-order valence-electron chi connectivity index (χ0n) is 15.2. The van der Waals surface area contributed by atoms with Crippen LogP contribution in [0.2, 0.25) is 0 Å². The highest BCUT2D eigenvalue weighted by Gasteiger charge is 2.51. The Balaban J connectivity index is 1.96. The quantitative estimate of drug-likeness (QED) is 0.368. The minimum atomic E-state index is -4.85. The van der Waals surface area contributed by atoms with E-state index in [-0.39, 0.29) is 5.56 Å². The number of rotatable bonds is 4. The van der Waals surface area contributed by atoms with Gasteiger partial charge in [0, 0.05) is 5.56 Å². The molecule has 4 aromatic carbocycles. The Kier molecular flexibility index (Phi) is 4.43. The van der Waals surface area contributed by atoms with Gasteiger partial charge >= 0.3 is 7.60 Å². The highest BCUT2D eigenvalue weighted by molar-refractivity contribution is 7.54. The van der Waals surface area contributed by atoms with Crippen molar-refractivity contribution in [2.45, 2.75) is 12.1 Å². The van der Waals surface area contributed by atoms with Crippen molar-refractivity contribution in [3.8, 4) is 0 Å². The smallest absolute Gasteiger partial charge is 0.323 e. The second-order valence-corrected chi connectivity index (χ2v) is 9.02. The number of hydrogen-bond donors (Lipinski definition) is 2. The monoisotopic (exact) mass is 390 g/mol.